The zero-order chi connectivity index (χ0) is 19.2. The molecular weight excluding hydrogens is 324 g/mol. The highest BCUT2D eigenvalue weighted by Gasteiger charge is 2.03. The molecule has 0 atom stereocenters. The van der Waals surface area contributed by atoms with Gasteiger partial charge in [0.25, 0.3) is 0 Å². The number of esters is 1. The maximum absolute atomic E-state index is 11.1. The summed E-state index contributed by atoms with van der Waals surface area (Å²) in [6.07, 6.45) is 1.15. The summed E-state index contributed by atoms with van der Waals surface area (Å²) in [4.78, 5) is 20.7. The van der Waals surface area contributed by atoms with Crippen LogP contribution in [0, 0.1) is 0 Å². The van der Waals surface area contributed by atoms with Gasteiger partial charge in [0.05, 0.1) is 13.2 Å². The molecule has 2 aromatic carbocycles. The second-order valence-corrected chi connectivity index (χ2v) is 4.64. The molecule has 2 rings (SSSR count). The number of rotatable bonds is 4. The van der Waals surface area contributed by atoms with E-state index in [0.717, 1.165) is 16.8 Å². The first kappa shape index (κ1) is 22.0. The van der Waals surface area contributed by atoms with Gasteiger partial charge >= 0.3 is 11.9 Å². The van der Waals surface area contributed by atoms with Crippen LogP contribution in [0.15, 0.2) is 67.3 Å². The Kier molecular flexibility index (Phi) is 11.0. The second kappa shape index (κ2) is 12.5. The van der Waals surface area contributed by atoms with E-state index in [2.05, 4.69) is 13.2 Å². The van der Waals surface area contributed by atoms with E-state index >= 15 is 0 Å². The van der Waals surface area contributed by atoms with E-state index in [1.165, 1.54) is 6.92 Å². The Morgan fingerprint density at radius 2 is 1.60 bits per heavy atom. The van der Waals surface area contributed by atoms with Gasteiger partial charge < -0.3 is 20.1 Å². The van der Waals surface area contributed by atoms with E-state index < -0.39 is 11.9 Å². The van der Waals surface area contributed by atoms with Gasteiger partial charge in [-0.05, 0) is 18.4 Å². The van der Waals surface area contributed by atoms with Gasteiger partial charge in [0.15, 0.2) is 0 Å². The van der Waals surface area contributed by atoms with Crippen LogP contribution >= 0.6 is 0 Å². The van der Waals surface area contributed by atoms with Crippen molar-refractivity contribution in [3.63, 3.8) is 0 Å². The zero-order valence-corrected chi connectivity index (χ0v) is 14.0. The summed E-state index contributed by atoms with van der Waals surface area (Å²) in [6.45, 7) is 7.71. The lowest BCUT2D eigenvalue weighted by Crippen LogP contribution is -2.03. The van der Waals surface area contributed by atoms with Crippen molar-refractivity contribution in [2.24, 2.45) is 0 Å². The van der Waals surface area contributed by atoms with Gasteiger partial charge in [-0.15, -0.1) is 0 Å². The number of aliphatic hydroxyl groups excluding tert-OH is 2. The van der Waals surface area contributed by atoms with Crippen LogP contribution in [0.4, 0.5) is 0 Å². The van der Waals surface area contributed by atoms with Crippen LogP contribution in [-0.2, 0) is 9.59 Å². The molecule has 0 heterocycles. The Morgan fingerprint density at radius 1 is 1.08 bits per heavy atom. The van der Waals surface area contributed by atoms with Crippen molar-refractivity contribution in [3.05, 3.63) is 67.3 Å². The summed E-state index contributed by atoms with van der Waals surface area (Å²) < 4.78 is 5.12. The van der Waals surface area contributed by atoms with Crippen LogP contribution in [0.25, 0.3) is 10.8 Å². The van der Waals surface area contributed by atoms with Crippen molar-refractivity contribution in [1.82, 2.24) is 0 Å². The van der Waals surface area contributed by atoms with Crippen LogP contribution in [0.3, 0.4) is 0 Å². The monoisotopic (exact) mass is 346 g/mol. The zero-order valence-electron chi connectivity index (χ0n) is 14.0. The van der Waals surface area contributed by atoms with Gasteiger partial charge in [-0.25, -0.2) is 9.59 Å². The number of carboxylic acid groups (broad SMARTS) is 1. The molecule has 0 aliphatic heterocycles. The van der Waals surface area contributed by atoms with E-state index in [9.17, 15) is 9.59 Å². The minimum Gasteiger partial charge on any atom is -0.478 e. The average molecular weight is 346 g/mol. The van der Waals surface area contributed by atoms with Crippen LogP contribution in [-0.4, -0.2) is 40.5 Å². The predicted molar refractivity (Wildman–Crippen MR) is 96.4 cm³/mol. The number of carboxylic acids is 1. The SMILES string of the molecule is C=C(C)C(=O)O.C=CC(=O)Oc1cccc2ccccc12.OCCO. The Hall–Kier alpha value is -2.96. The van der Waals surface area contributed by atoms with Crippen molar-refractivity contribution in [1.29, 1.82) is 0 Å². The van der Waals surface area contributed by atoms with Gasteiger partial charge in [-0.3, -0.25) is 0 Å². The molecule has 3 N–H and O–H groups in total. The molecule has 134 valence electrons. The third-order valence-corrected chi connectivity index (χ3v) is 2.59. The van der Waals surface area contributed by atoms with Crippen molar-refractivity contribution in [2.45, 2.75) is 6.92 Å². The maximum atomic E-state index is 11.1. The highest BCUT2D eigenvalue weighted by molar-refractivity contribution is 5.92. The van der Waals surface area contributed by atoms with E-state index in [-0.39, 0.29) is 18.8 Å². The molecule has 0 fully saturated rings. The molecule has 0 aliphatic carbocycles. The summed E-state index contributed by atoms with van der Waals surface area (Å²) in [7, 11) is 0. The van der Waals surface area contributed by atoms with Crippen LogP contribution < -0.4 is 4.74 Å². The third-order valence-electron chi connectivity index (χ3n) is 2.59. The molecule has 0 aliphatic rings. The van der Waals surface area contributed by atoms with Gasteiger partial charge in [0.2, 0.25) is 0 Å². The highest BCUT2D eigenvalue weighted by Crippen LogP contribution is 2.25. The molecule has 0 aromatic heterocycles. The standard InChI is InChI=1S/C13H10O2.C4H6O2.C2H6O2/c1-2-13(14)15-12-9-5-7-10-6-3-4-8-11(10)12;1-3(2)4(5)6;3-1-2-4/h2-9H,1H2;1H2,2H3,(H,5,6);3-4H,1-2H2. The average Bonchev–Trinajstić information content (AvgIpc) is 2.62. The Morgan fingerprint density at radius 3 is 2.08 bits per heavy atom. The molecule has 6 heteroatoms. The Balaban J connectivity index is 0.000000481. The molecule has 6 nitrogen and oxygen atoms in total. The lowest BCUT2D eigenvalue weighted by Gasteiger charge is -2.05. The summed E-state index contributed by atoms with van der Waals surface area (Å²) in [5.74, 6) is -0.806. The fraction of sp³-hybridized carbons (Fsp3) is 0.158. The normalized spacial score (nSPS) is 8.92. The highest BCUT2D eigenvalue weighted by atomic mass is 16.5. The lowest BCUT2D eigenvalue weighted by atomic mass is 10.1. The van der Waals surface area contributed by atoms with E-state index in [1.807, 2.05) is 36.4 Å². The smallest absolute Gasteiger partial charge is 0.335 e. The quantitative estimate of drug-likeness (QED) is 0.446. The van der Waals surface area contributed by atoms with E-state index in [0.29, 0.717) is 5.75 Å². The number of hydrogen-bond acceptors (Lipinski definition) is 5. The van der Waals surface area contributed by atoms with Crippen molar-refractivity contribution < 1.29 is 29.6 Å². The largest absolute Gasteiger partial charge is 0.478 e. The predicted octanol–water partition coefficient (Wildman–Crippen LogP) is 2.55. The molecule has 25 heavy (non-hydrogen) atoms. The minimum atomic E-state index is -0.935. The number of carbonyl (C=O) groups excluding carboxylic acids is 1. The summed E-state index contributed by atoms with van der Waals surface area (Å²) in [5.41, 5.74) is 0.176. The first-order chi connectivity index (χ1) is 11.9. The number of benzene rings is 2. The fourth-order valence-corrected chi connectivity index (χ4v) is 1.43. The number of fused-ring (bicyclic) bond motifs is 1. The molecule has 2 aromatic rings. The van der Waals surface area contributed by atoms with Crippen molar-refractivity contribution >= 4 is 22.7 Å². The molecule has 0 radical (unpaired) electrons. The maximum Gasteiger partial charge on any atom is 0.335 e. The summed E-state index contributed by atoms with van der Waals surface area (Å²) in [5, 5.41) is 25.1. The van der Waals surface area contributed by atoms with Gasteiger partial charge in [-0.1, -0.05) is 49.6 Å². The summed E-state index contributed by atoms with van der Waals surface area (Å²) in [6, 6.07) is 13.3. The molecule has 0 amide bonds. The Labute approximate surface area is 146 Å². The molecule has 0 unspecified atom stereocenters. The number of carbonyl (C=O) groups is 2. The van der Waals surface area contributed by atoms with E-state index in [1.54, 1.807) is 6.07 Å². The van der Waals surface area contributed by atoms with Gasteiger partial charge in [0, 0.05) is 17.0 Å². The molecule has 0 saturated carbocycles. The van der Waals surface area contributed by atoms with Crippen LogP contribution in [0.5, 0.6) is 5.75 Å². The lowest BCUT2D eigenvalue weighted by molar-refractivity contribution is -0.132. The second-order valence-electron chi connectivity index (χ2n) is 4.64. The van der Waals surface area contributed by atoms with Gasteiger partial charge in [0.1, 0.15) is 5.75 Å². The van der Waals surface area contributed by atoms with Gasteiger partial charge in [-0.2, -0.15) is 0 Å². The first-order valence-corrected chi connectivity index (χ1v) is 7.29. The Bertz CT molecular complexity index is 701. The number of hydrogen-bond donors (Lipinski definition) is 3. The fourth-order valence-electron chi connectivity index (χ4n) is 1.43. The number of aliphatic hydroxyl groups is 2. The topological polar surface area (TPSA) is 104 Å². The van der Waals surface area contributed by atoms with Crippen molar-refractivity contribution in [2.75, 3.05) is 13.2 Å². The number of aliphatic carboxylic acids is 1. The first-order valence-electron chi connectivity index (χ1n) is 7.29. The third kappa shape index (κ3) is 9.04. The minimum absolute atomic E-state index is 0.125. The van der Waals surface area contributed by atoms with Crippen LogP contribution in [0.2, 0.25) is 0 Å². The van der Waals surface area contributed by atoms with Crippen LogP contribution in [0.1, 0.15) is 6.92 Å². The molecule has 0 bridgehead atoms. The van der Waals surface area contributed by atoms with E-state index in [4.69, 9.17) is 20.1 Å². The number of ether oxygens (including phenoxy) is 1. The van der Waals surface area contributed by atoms with Crippen molar-refractivity contribution in [3.8, 4) is 5.75 Å². The molecule has 0 spiro atoms. The molecule has 0 saturated heterocycles. The molecular formula is C19H22O6. The summed E-state index contributed by atoms with van der Waals surface area (Å²) >= 11 is 0.